The van der Waals surface area contributed by atoms with Crippen molar-refractivity contribution in [2.45, 2.75) is 394 Å². The fourth-order valence-corrected chi connectivity index (χ4v) is 21.5. The van der Waals surface area contributed by atoms with Crippen LogP contribution in [0.4, 0.5) is 0 Å². The van der Waals surface area contributed by atoms with Crippen LogP contribution in [0.5, 0.6) is 0 Å². The van der Waals surface area contributed by atoms with Crippen LogP contribution < -0.4 is 12.4 Å². The topological polar surface area (TPSA) is 167 Å². The number of allylic oxidation sites excluding steroid dienone is 1. The number of ether oxygens (including phenoxy) is 14. The molecule has 0 amide bonds. The molecule has 0 aromatic heterocycles. The Hall–Kier alpha value is -2.08. The molecule has 0 aromatic rings. The molecule has 12 bridgehead atoms. The number of carbonyl (C=O) groups excluding carboxylic acids is 1. The second-order valence-electron chi connectivity index (χ2n) is 35.8. The fraction of sp³-hybridized carbons (Fsp3) is 0.800. The van der Waals surface area contributed by atoms with Crippen LogP contribution in [0.2, 0.25) is 0 Å². The van der Waals surface area contributed by atoms with E-state index in [0.717, 1.165) is 160 Å². The summed E-state index contributed by atoms with van der Waals surface area (Å²) in [5.74, 6) is 2.37. The number of aliphatic hydroxyl groups excluding tert-OH is 1. The van der Waals surface area contributed by atoms with Crippen LogP contribution in [0.3, 0.4) is 0 Å². The Morgan fingerprint density at radius 1 is 0.472 bits per heavy atom. The van der Waals surface area contributed by atoms with E-state index in [-0.39, 0.29) is 206 Å². The van der Waals surface area contributed by atoms with E-state index < -0.39 is 17.7 Å². The quantitative estimate of drug-likeness (QED) is 0.0292. The number of hydrogen-bond donors (Lipinski definition) is 1. The molecule has 0 aliphatic carbocycles. The van der Waals surface area contributed by atoms with Crippen molar-refractivity contribution in [3.8, 4) is 0 Å². The first-order valence-corrected chi connectivity index (χ1v) is 42.2. The van der Waals surface area contributed by atoms with Gasteiger partial charge in [0.15, 0.2) is 11.6 Å². The monoisotopic (exact) mass is 1530 g/mol. The van der Waals surface area contributed by atoms with Gasteiger partial charge in [0.2, 0.25) is 0 Å². The number of carbonyl (C=O) groups is 1. The minimum absolute atomic E-state index is 0. The van der Waals surface area contributed by atoms with Crippen molar-refractivity contribution in [3.63, 3.8) is 0 Å². The average Bonchev–Trinajstić information content (AvgIpc) is 1.56. The Bertz CT molecular complexity index is 3020. The Balaban J connectivity index is 0.000000219. The summed E-state index contributed by atoms with van der Waals surface area (Å²) in [7, 11) is 0. The number of halogens is 1. The second-order valence-corrected chi connectivity index (χ2v) is 35.8. The summed E-state index contributed by atoms with van der Waals surface area (Å²) in [5.41, 5.74) is 4.70. The first kappa shape index (κ1) is 88.3. The van der Waals surface area contributed by atoms with Crippen molar-refractivity contribution in [2.24, 2.45) is 59.2 Å². The smallest absolute Gasteiger partial charge is 1.00 e. The maximum absolute atomic E-state index is 11.7. The van der Waals surface area contributed by atoms with E-state index in [0.29, 0.717) is 48.3 Å². The van der Waals surface area contributed by atoms with Crippen LogP contribution in [-0.2, 0) is 71.1 Å². The summed E-state index contributed by atoms with van der Waals surface area (Å²) >= 11 is 0. The van der Waals surface area contributed by atoms with Crippen molar-refractivity contribution in [1.82, 2.24) is 0 Å². The minimum atomic E-state index is -0.645. The van der Waals surface area contributed by atoms with Gasteiger partial charge in [-0.05, 0) is 172 Å². The van der Waals surface area contributed by atoms with Gasteiger partial charge in [0.1, 0.15) is 42.9 Å². The Morgan fingerprint density at radius 2 is 0.870 bits per heavy atom. The largest absolute Gasteiger partial charge is 2.00 e. The summed E-state index contributed by atoms with van der Waals surface area (Å²) in [6.07, 6.45) is 30.1. The van der Waals surface area contributed by atoms with E-state index in [2.05, 4.69) is 129 Å². The van der Waals surface area contributed by atoms with Gasteiger partial charge in [0, 0.05) is 56.8 Å². The van der Waals surface area contributed by atoms with E-state index in [4.69, 9.17) is 66.3 Å². The molecule has 16 saturated heterocycles. The van der Waals surface area contributed by atoms with E-state index in [9.17, 15) is 9.90 Å². The molecule has 37 atom stereocenters. The van der Waals surface area contributed by atoms with Gasteiger partial charge in [-0.3, -0.25) is 0 Å². The predicted octanol–water partition coefficient (Wildman–Crippen LogP) is 13.7. The molecule has 0 saturated carbocycles. The molecular weight excluding hydrogens is 1400 g/mol. The second kappa shape index (κ2) is 38.8. The van der Waals surface area contributed by atoms with Gasteiger partial charge < -0.3 is 88.6 Å². The molecule has 604 valence electrons. The third kappa shape index (κ3) is 19.4. The zero-order valence-corrected chi connectivity index (χ0v) is 70.0. The molecule has 16 aliphatic rings. The number of aliphatic hydroxyl groups is 1. The van der Waals surface area contributed by atoms with E-state index >= 15 is 0 Å². The number of aldehydes is 1. The SMILES string of the molecule is C=CCC(O)C[C@@H]1[C@@H](C)[C@@H](C[C@H](C)CC)O[C@H]1C[C@H]1OC(CC[C@@H]2O[C@@H](CC[C@@]34C[C@H]5OC6[C@@H](O3)C(C)[C@H](CC=C)O[C@H]6[C@H]5O4)CC2=C)C[C@@H](C)C1=C.C=CC[C@@H]1O[C@@H]2C3O[C@@H]4C[C@](CC[C@H]5CC(=C)[C@H](CCC6C[C@@H](C)C(=C)[C@@H](C[C@@H]7O[C@H](C[C@H](C)CC)[C@H](C)[C@H]7CC=O)O6)O5)(O[C@H]3C1C)O[C@H]24.C=C[CH2-].[Cl-].[Mg+2]. The maximum atomic E-state index is 11.7. The summed E-state index contributed by atoms with van der Waals surface area (Å²) in [4.78, 5) is 11.7. The summed E-state index contributed by atoms with van der Waals surface area (Å²) in [5, 5.41) is 10.8. The zero-order valence-electron chi connectivity index (χ0n) is 67.8. The van der Waals surface area contributed by atoms with Crippen LogP contribution >= 0.6 is 0 Å². The summed E-state index contributed by atoms with van der Waals surface area (Å²) in [6, 6.07) is 0. The molecule has 0 spiro atoms. The molecule has 16 fully saturated rings. The number of rotatable bonds is 32. The average molecular weight is 1540 g/mol. The first-order valence-electron chi connectivity index (χ1n) is 42.2. The van der Waals surface area contributed by atoms with Crippen molar-refractivity contribution in [3.05, 3.63) is 106 Å². The molecule has 16 nitrogen and oxygen atoms in total. The van der Waals surface area contributed by atoms with E-state index in [1.54, 1.807) is 0 Å². The Morgan fingerprint density at radius 3 is 1.28 bits per heavy atom. The molecule has 7 unspecified atom stereocenters. The molecule has 16 heterocycles. The van der Waals surface area contributed by atoms with Crippen molar-refractivity contribution < 1.29 is 88.6 Å². The van der Waals surface area contributed by atoms with Gasteiger partial charge in [-0.2, -0.15) is 0 Å². The van der Waals surface area contributed by atoms with Gasteiger partial charge in [-0.25, -0.2) is 19.6 Å². The molecule has 0 aromatic carbocycles. The fourth-order valence-electron chi connectivity index (χ4n) is 21.5. The minimum Gasteiger partial charge on any atom is -1.00 e. The first-order chi connectivity index (χ1) is 50.9. The Labute approximate surface area is 673 Å². The van der Waals surface area contributed by atoms with Gasteiger partial charge in [-0.1, -0.05) is 127 Å². The number of hydrogen-bond acceptors (Lipinski definition) is 16. The van der Waals surface area contributed by atoms with Crippen LogP contribution in [-0.4, -0.2) is 199 Å². The molecule has 108 heavy (non-hydrogen) atoms. The van der Waals surface area contributed by atoms with Crippen molar-refractivity contribution in [1.29, 1.82) is 0 Å². The molecule has 16 aliphatic heterocycles. The third-order valence-electron chi connectivity index (χ3n) is 28.4. The van der Waals surface area contributed by atoms with Crippen LogP contribution in [0.15, 0.2) is 99.2 Å². The molecule has 18 heteroatoms. The molecular formula is C90H139ClMgO16. The van der Waals surface area contributed by atoms with Crippen LogP contribution in [0.1, 0.15) is 230 Å². The van der Waals surface area contributed by atoms with E-state index in [1.165, 1.54) is 22.8 Å². The van der Waals surface area contributed by atoms with Crippen molar-refractivity contribution >= 4 is 29.3 Å². The molecule has 16 rings (SSSR count). The van der Waals surface area contributed by atoms with Gasteiger partial charge >= 0.3 is 23.1 Å². The van der Waals surface area contributed by atoms with Crippen LogP contribution in [0, 0.1) is 66.1 Å². The Kier molecular flexibility index (Phi) is 31.7. The van der Waals surface area contributed by atoms with E-state index in [1.807, 2.05) is 18.2 Å². The molecule has 0 radical (unpaired) electrons. The summed E-state index contributed by atoms with van der Waals surface area (Å²) < 4.78 is 93.8. The zero-order chi connectivity index (χ0) is 75.6. The van der Waals surface area contributed by atoms with Crippen molar-refractivity contribution in [2.75, 3.05) is 0 Å². The van der Waals surface area contributed by atoms with Gasteiger partial charge in [0.25, 0.3) is 0 Å². The third-order valence-corrected chi connectivity index (χ3v) is 28.4. The predicted molar refractivity (Wildman–Crippen MR) is 419 cm³/mol. The van der Waals surface area contributed by atoms with Gasteiger partial charge in [0.05, 0.1) is 116 Å². The van der Waals surface area contributed by atoms with Gasteiger partial charge in [-0.15, -0.1) is 19.7 Å². The standard InChI is InChI=1S/C45H70O8.C42H64O8.C3H5.ClH.Mg/c1-10-13-31(46)22-34-29(8)37(19-25(4)12-3)49-39(34)23-38-28(7)26(5)20-32(48-38)15-16-35-27(6)21-33(47-35)17-18-45-24-40-42(53-45)44-43(51-40)41(52-45)30(9)36(50-44)14-11-2;1-9-11-33-28(8)38-40-41(47-33)39-37(48-40)22-42(49-38,50-39)16-14-30-20-25(5)32(44-30)13-12-29-19-24(4)26(6)35(45-29)21-36-31(15-17-43)27(7)34(46-36)18-23(3)10-2;1-3-2;;/h10-11,25-26,29-44,46H,1-2,6-7,12-24H2,3-5,8-9H3;9,17,23-24,27-41H,1,5-6,10-16,18-22H2,2-4,7-8H3;3H,1-2H2;1H;/q;;-1;;+2/p-1/t25-,26-,29-,30?,31?,32?,33+,34-,35+,36+,37-,38-,39+,40-,41+,42+,43?,44+,45-;23-,24-,27-,28?,29?,30+,31-,32+,33+,34-,35-,36+,37-,38+,39+,40?,41+,42-;;;/m11.../s1. The molecule has 1 N–H and O–H groups in total. The normalized spacial score (nSPS) is 45.8. The summed E-state index contributed by atoms with van der Waals surface area (Å²) in [6.45, 7) is 58.9. The maximum Gasteiger partial charge on any atom is 2.00 e. The van der Waals surface area contributed by atoms with Crippen LogP contribution in [0.25, 0.3) is 0 Å².